The Morgan fingerprint density at radius 2 is 1.88 bits per heavy atom. The van der Waals surface area contributed by atoms with Crippen molar-refractivity contribution in [3.8, 4) is 0 Å². The van der Waals surface area contributed by atoms with Gasteiger partial charge in [0.2, 0.25) is 5.89 Å². The third-order valence-electron chi connectivity index (χ3n) is 5.03. The van der Waals surface area contributed by atoms with E-state index in [-0.39, 0.29) is 0 Å². The smallest absolute Gasteiger partial charge is 0.240 e. The van der Waals surface area contributed by atoms with E-state index in [2.05, 4.69) is 50.1 Å². The average Bonchev–Trinajstić information content (AvgIpc) is 3.23. The molecule has 7 heteroatoms. The predicted octanol–water partition coefficient (Wildman–Crippen LogP) is 1.86. The number of hydrogen-bond acceptors (Lipinski definition) is 7. The van der Waals surface area contributed by atoms with Gasteiger partial charge < -0.3 is 9.42 Å². The van der Waals surface area contributed by atoms with Crippen molar-refractivity contribution in [2.45, 2.75) is 33.2 Å². The normalized spacial score (nSPS) is 24.1. The highest BCUT2D eigenvalue weighted by Gasteiger charge is 2.40. The first-order chi connectivity index (χ1) is 11.6. The zero-order chi connectivity index (χ0) is 16.7. The van der Waals surface area contributed by atoms with E-state index < -0.39 is 0 Å². The first-order valence-electron chi connectivity index (χ1n) is 8.68. The number of rotatable bonds is 4. The number of aryl methyl sites for hydroxylation is 1. The van der Waals surface area contributed by atoms with Crippen LogP contribution in [-0.4, -0.2) is 51.4 Å². The van der Waals surface area contributed by atoms with Crippen molar-refractivity contribution in [3.63, 3.8) is 0 Å². The quantitative estimate of drug-likeness (QED) is 0.848. The fraction of sp³-hybridized carbons (Fsp3) is 0.647. The largest absolute Gasteiger partial charge is 0.354 e. The molecule has 2 aromatic heterocycles. The molecule has 0 N–H and O–H groups in total. The molecule has 2 fully saturated rings. The number of aromatic nitrogens is 4. The summed E-state index contributed by atoms with van der Waals surface area (Å²) in [6, 6.07) is 4.11. The van der Waals surface area contributed by atoms with E-state index in [1.54, 1.807) is 0 Å². The summed E-state index contributed by atoms with van der Waals surface area (Å²) in [6.07, 6.45) is 0. The van der Waals surface area contributed by atoms with Crippen molar-refractivity contribution in [2.24, 2.45) is 11.8 Å². The van der Waals surface area contributed by atoms with Gasteiger partial charge >= 0.3 is 0 Å². The molecule has 2 unspecified atom stereocenters. The summed E-state index contributed by atoms with van der Waals surface area (Å²) < 4.78 is 5.38. The Bertz CT molecular complexity index is 683. The van der Waals surface area contributed by atoms with Crippen LogP contribution in [0.4, 0.5) is 5.82 Å². The van der Waals surface area contributed by atoms with Crippen molar-refractivity contribution in [1.29, 1.82) is 0 Å². The molecule has 2 saturated heterocycles. The van der Waals surface area contributed by atoms with Crippen LogP contribution in [0.25, 0.3) is 0 Å². The molecule has 7 nitrogen and oxygen atoms in total. The molecule has 0 bridgehead atoms. The molecule has 128 valence electrons. The Hall–Kier alpha value is -2.02. The third-order valence-corrected chi connectivity index (χ3v) is 5.03. The summed E-state index contributed by atoms with van der Waals surface area (Å²) in [5.41, 5.74) is 0.963. The Balaban J connectivity index is 1.34. The summed E-state index contributed by atoms with van der Waals surface area (Å²) in [5.74, 6) is 4.21. The van der Waals surface area contributed by atoms with Gasteiger partial charge in [0.25, 0.3) is 0 Å². The van der Waals surface area contributed by atoms with Crippen LogP contribution in [0.3, 0.4) is 0 Å². The van der Waals surface area contributed by atoms with Crippen LogP contribution in [0.1, 0.15) is 37.2 Å². The minimum absolute atomic E-state index is 0.310. The number of nitrogens with zero attached hydrogens (tertiary/aromatic N) is 6. The van der Waals surface area contributed by atoms with Crippen LogP contribution in [0, 0.1) is 18.8 Å². The molecule has 2 aliphatic heterocycles. The highest BCUT2D eigenvalue weighted by Crippen LogP contribution is 2.33. The minimum Gasteiger partial charge on any atom is -0.354 e. The van der Waals surface area contributed by atoms with Gasteiger partial charge in [-0.1, -0.05) is 19.0 Å². The summed E-state index contributed by atoms with van der Waals surface area (Å²) in [6.45, 7) is 11.2. The van der Waals surface area contributed by atoms with E-state index in [4.69, 9.17) is 4.52 Å². The van der Waals surface area contributed by atoms with Gasteiger partial charge in [0.15, 0.2) is 11.6 Å². The molecule has 0 spiro atoms. The van der Waals surface area contributed by atoms with Gasteiger partial charge in [-0.25, -0.2) is 0 Å². The highest BCUT2D eigenvalue weighted by atomic mass is 16.5. The molecular formula is C17H24N6O. The second-order valence-corrected chi connectivity index (χ2v) is 7.35. The molecule has 2 aromatic rings. The second-order valence-electron chi connectivity index (χ2n) is 7.35. The first kappa shape index (κ1) is 15.5. The number of likely N-dealkylation sites (tertiary alicyclic amines) is 1. The summed E-state index contributed by atoms with van der Waals surface area (Å²) in [4.78, 5) is 9.29. The van der Waals surface area contributed by atoms with Crippen molar-refractivity contribution in [1.82, 2.24) is 25.2 Å². The van der Waals surface area contributed by atoms with Gasteiger partial charge in [0, 0.05) is 32.1 Å². The summed E-state index contributed by atoms with van der Waals surface area (Å²) in [7, 11) is 0. The first-order valence-corrected chi connectivity index (χ1v) is 8.68. The maximum atomic E-state index is 5.38. The number of anilines is 1. The second kappa shape index (κ2) is 6.12. The van der Waals surface area contributed by atoms with Crippen LogP contribution in [-0.2, 0) is 6.54 Å². The van der Waals surface area contributed by atoms with Gasteiger partial charge in [-0.05, 0) is 30.9 Å². The molecular weight excluding hydrogens is 304 g/mol. The van der Waals surface area contributed by atoms with Crippen LogP contribution < -0.4 is 4.90 Å². The lowest BCUT2D eigenvalue weighted by molar-refractivity contribution is 0.254. The zero-order valence-corrected chi connectivity index (χ0v) is 14.5. The topological polar surface area (TPSA) is 71.2 Å². The number of fused-ring (bicyclic) bond motifs is 1. The van der Waals surface area contributed by atoms with E-state index in [0.29, 0.717) is 17.8 Å². The minimum atomic E-state index is 0.310. The van der Waals surface area contributed by atoms with Crippen LogP contribution in [0.2, 0.25) is 0 Å². The van der Waals surface area contributed by atoms with Gasteiger partial charge in [0.1, 0.15) is 0 Å². The molecule has 0 aliphatic carbocycles. The molecule has 0 radical (unpaired) electrons. The predicted molar refractivity (Wildman–Crippen MR) is 89.6 cm³/mol. The van der Waals surface area contributed by atoms with E-state index in [1.807, 2.05) is 13.0 Å². The zero-order valence-electron chi connectivity index (χ0n) is 14.5. The summed E-state index contributed by atoms with van der Waals surface area (Å²) >= 11 is 0. The van der Waals surface area contributed by atoms with Gasteiger partial charge in [-0.2, -0.15) is 10.1 Å². The molecule has 0 aromatic carbocycles. The maximum Gasteiger partial charge on any atom is 0.240 e. The number of hydrogen-bond donors (Lipinski definition) is 0. The van der Waals surface area contributed by atoms with E-state index >= 15 is 0 Å². The Morgan fingerprint density at radius 1 is 1.12 bits per heavy atom. The van der Waals surface area contributed by atoms with Crippen molar-refractivity contribution >= 4 is 5.82 Å². The van der Waals surface area contributed by atoms with Gasteiger partial charge in [0.05, 0.1) is 12.2 Å². The lowest BCUT2D eigenvalue weighted by atomic mass is 10.0. The lowest BCUT2D eigenvalue weighted by Crippen LogP contribution is -2.29. The Kier molecular flexibility index (Phi) is 3.96. The van der Waals surface area contributed by atoms with Gasteiger partial charge in [-0.3, -0.25) is 4.90 Å². The van der Waals surface area contributed by atoms with Crippen LogP contribution in [0.15, 0.2) is 16.7 Å². The van der Waals surface area contributed by atoms with Crippen molar-refractivity contribution in [2.75, 3.05) is 31.1 Å². The molecule has 24 heavy (non-hydrogen) atoms. The standard InChI is InChI=1S/C17H24N6O/c1-11(2)17-18-16(24-21-17)10-22-6-13-8-23(9-14(13)7-22)15-5-4-12(3)19-20-15/h4-5,11,13-14H,6-10H2,1-3H3. The van der Waals surface area contributed by atoms with E-state index in [0.717, 1.165) is 56.0 Å². The van der Waals surface area contributed by atoms with Crippen LogP contribution >= 0.6 is 0 Å². The van der Waals surface area contributed by atoms with Crippen LogP contribution in [0.5, 0.6) is 0 Å². The summed E-state index contributed by atoms with van der Waals surface area (Å²) in [5, 5.41) is 12.6. The molecule has 4 heterocycles. The molecule has 0 amide bonds. The van der Waals surface area contributed by atoms with Crippen molar-refractivity contribution < 1.29 is 4.52 Å². The fourth-order valence-corrected chi connectivity index (χ4v) is 3.73. The Labute approximate surface area is 142 Å². The SMILES string of the molecule is Cc1ccc(N2CC3CN(Cc4nc(C(C)C)no4)CC3C2)nn1. The molecule has 0 saturated carbocycles. The fourth-order valence-electron chi connectivity index (χ4n) is 3.73. The maximum absolute atomic E-state index is 5.38. The Morgan fingerprint density at radius 3 is 2.46 bits per heavy atom. The van der Waals surface area contributed by atoms with Crippen molar-refractivity contribution in [3.05, 3.63) is 29.5 Å². The molecule has 4 rings (SSSR count). The van der Waals surface area contributed by atoms with Gasteiger partial charge in [-0.15, -0.1) is 5.10 Å². The van der Waals surface area contributed by atoms with E-state index in [1.165, 1.54) is 0 Å². The average molecular weight is 328 g/mol. The molecule has 2 atom stereocenters. The monoisotopic (exact) mass is 328 g/mol. The van der Waals surface area contributed by atoms with E-state index in [9.17, 15) is 0 Å². The highest BCUT2D eigenvalue weighted by molar-refractivity contribution is 5.39. The third kappa shape index (κ3) is 3.00. The lowest BCUT2D eigenvalue weighted by Gasteiger charge is -2.20. The molecule has 2 aliphatic rings.